The Morgan fingerprint density at radius 1 is 1.04 bits per heavy atom. The lowest BCUT2D eigenvalue weighted by Gasteiger charge is -2.27. The van der Waals surface area contributed by atoms with Gasteiger partial charge in [0.2, 0.25) is 5.91 Å². The summed E-state index contributed by atoms with van der Waals surface area (Å²) in [5.41, 5.74) is 0.398. The molecule has 0 saturated heterocycles. The number of carbonyl (C=O) groups excluding carboxylic acids is 1. The van der Waals surface area contributed by atoms with Gasteiger partial charge in [-0.3, -0.25) is 9.10 Å². The summed E-state index contributed by atoms with van der Waals surface area (Å²) in [6.07, 6.45) is 4.49. The Labute approximate surface area is 164 Å². The van der Waals surface area contributed by atoms with Crippen LogP contribution in [0.25, 0.3) is 0 Å². The van der Waals surface area contributed by atoms with E-state index < -0.39 is 15.8 Å². The van der Waals surface area contributed by atoms with Gasteiger partial charge in [0.25, 0.3) is 10.0 Å². The summed E-state index contributed by atoms with van der Waals surface area (Å²) in [4.78, 5) is 12.7. The van der Waals surface area contributed by atoms with Gasteiger partial charge in [-0.25, -0.2) is 12.8 Å². The standard InChI is InChI=1S/C21H23FN2O3S/c22-17-8-10-19(11-9-17)28(26,27)24(18-4-2-1-3-5-18)14-21(25)23-20-13-15-6-7-16(20)12-15/h1-5,8-11,15-16,20H,6-7,12-14H2,(H,23,25). The van der Waals surface area contributed by atoms with E-state index in [1.54, 1.807) is 30.3 Å². The Morgan fingerprint density at radius 2 is 1.75 bits per heavy atom. The zero-order chi connectivity index (χ0) is 19.7. The van der Waals surface area contributed by atoms with Crippen molar-refractivity contribution in [2.45, 2.75) is 36.6 Å². The van der Waals surface area contributed by atoms with Crippen LogP contribution in [0.5, 0.6) is 0 Å². The summed E-state index contributed by atoms with van der Waals surface area (Å²) in [6.45, 7) is -0.308. The van der Waals surface area contributed by atoms with Gasteiger partial charge in [0.05, 0.1) is 10.6 Å². The van der Waals surface area contributed by atoms with Crippen LogP contribution in [0.15, 0.2) is 59.5 Å². The average Bonchev–Trinajstić information content (AvgIpc) is 3.30. The molecule has 5 nitrogen and oxygen atoms in total. The fourth-order valence-electron chi connectivity index (χ4n) is 4.45. The molecule has 4 rings (SSSR count). The Kier molecular flexibility index (Phi) is 5.10. The summed E-state index contributed by atoms with van der Waals surface area (Å²) in [5, 5.41) is 3.04. The zero-order valence-electron chi connectivity index (χ0n) is 15.4. The van der Waals surface area contributed by atoms with Gasteiger partial charge in [-0.15, -0.1) is 0 Å². The van der Waals surface area contributed by atoms with Crippen molar-refractivity contribution in [3.63, 3.8) is 0 Å². The number of anilines is 1. The molecule has 28 heavy (non-hydrogen) atoms. The second-order valence-corrected chi connectivity index (χ2v) is 9.51. The van der Waals surface area contributed by atoms with Crippen LogP contribution in [-0.4, -0.2) is 26.9 Å². The molecule has 2 saturated carbocycles. The lowest BCUT2D eigenvalue weighted by atomic mass is 9.95. The van der Waals surface area contributed by atoms with E-state index >= 15 is 0 Å². The molecule has 1 amide bonds. The van der Waals surface area contributed by atoms with Crippen molar-refractivity contribution < 1.29 is 17.6 Å². The van der Waals surface area contributed by atoms with Gasteiger partial charge in [-0.2, -0.15) is 0 Å². The number of fused-ring (bicyclic) bond motifs is 2. The van der Waals surface area contributed by atoms with Gasteiger partial charge in [0.15, 0.2) is 0 Å². The Hall–Kier alpha value is -2.41. The summed E-state index contributed by atoms with van der Waals surface area (Å²) in [6, 6.07) is 13.3. The van der Waals surface area contributed by atoms with Crippen LogP contribution < -0.4 is 9.62 Å². The van der Waals surface area contributed by atoms with Crippen molar-refractivity contribution >= 4 is 21.6 Å². The predicted octanol–water partition coefficient (Wildman–Crippen LogP) is 3.33. The third-order valence-electron chi connectivity index (χ3n) is 5.82. The van der Waals surface area contributed by atoms with E-state index in [0.29, 0.717) is 17.5 Å². The first kappa shape index (κ1) is 18.9. The van der Waals surface area contributed by atoms with Gasteiger partial charge in [0, 0.05) is 6.04 Å². The normalized spacial score (nSPS) is 23.5. The topological polar surface area (TPSA) is 66.5 Å². The Bertz CT molecular complexity index is 947. The largest absolute Gasteiger partial charge is 0.352 e. The highest BCUT2D eigenvalue weighted by Crippen LogP contribution is 2.44. The molecule has 0 radical (unpaired) electrons. The van der Waals surface area contributed by atoms with Crippen molar-refractivity contribution in [2.24, 2.45) is 11.8 Å². The van der Waals surface area contributed by atoms with Crippen LogP contribution in [-0.2, 0) is 14.8 Å². The Balaban J connectivity index is 1.57. The predicted molar refractivity (Wildman–Crippen MR) is 105 cm³/mol. The first-order chi connectivity index (χ1) is 13.4. The van der Waals surface area contributed by atoms with E-state index in [0.717, 1.165) is 35.7 Å². The number of sulfonamides is 1. The lowest BCUT2D eigenvalue weighted by Crippen LogP contribution is -2.45. The van der Waals surface area contributed by atoms with Gasteiger partial charge in [0.1, 0.15) is 12.4 Å². The Morgan fingerprint density at radius 3 is 2.36 bits per heavy atom. The number of amides is 1. The number of nitrogens with zero attached hydrogens (tertiary/aromatic N) is 1. The number of hydrogen-bond donors (Lipinski definition) is 1. The summed E-state index contributed by atoms with van der Waals surface area (Å²) < 4.78 is 40.7. The third kappa shape index (κ3) is 3.76. The third-order valence-corrected chi connectivity index (χ3v) is 7.61. The van der Waals surface area contributed by atoms with Crippen LogP contribution in [0.1, 0.15) is 25.7 Å². The van der Waals surface area contributed by atoms with Crippen molar-refractivity contribution in [2.75, 3.05) is 10.8 Å². The number of nitrogens with one attached hydrogen (secondary N) is 1. The summed E-state index contributed by atoms with van der Waals surface area (Å²) >= 11 is 0. The molecule has 2 fully saturated rings. The maximum atomic E-state index is 13.2. The quantitative estimate of drug-likeness (QED) is 0.806. The van der Waals surface area contributed by atoms with Crippen LogP contribution in [0, 0.1) is 17.7 Å². The molecule has 2 aliphatic rings. The number of hydrogen-bond acceptors (Lipinski definition) is 3. The number of halogens is 1. The number of para-hydroxylation sites is 1. The van der Waals surface area contributed by atoms with Crippen molar-refractivity contribution in [3.8, 4) is 0 Å². The van der Waals surface area contributed by atoms with Crippen LogP contribution >= 0.6 is 0 Å². The SMILES string of the molecule is O=C(CN(c1ccccc1)S(=O)(=O)c1ccc(F)cc1)NC1CC2CCC1C2. The molecule has 7 heteroatoms. The first-order valence-corrected chi connectivity index (χ1v) is 11.0. The van der Waals surface area contributed by atoms with E-state index in [1.165, 1.54) is 18.6 Å². The molecular formula is C21H23FN2O3S. The highest BCUT2D eigenvalue weighted by atomic mass is 32.2. The summed E-state index contributed by atoms with van der Waals surface area (Å²) in [5.74, 6) is 0.364. The highest BCUT2D eigenvalue weighted by Gasteiger charge is 2.40. The number of rotatable bonds is 6. The molecule has 0 aliphatic heterocycles. The highest BCUT2D eigenvalue weighted by molar-refractivity contribution is 7.92. The van der Waals surface area contributed by atoms with Crippen molar-refractivity contribution in [1.82, 2.24) is 5.32 Å². The minimum Gasteiger partial charge on any atom is -0.352 e. The molecule has 148 valence electrons. The smallest absolute Gasteiger partial charge is 0.264 e. The van der Waals surface area contributed by atoms with E-state index in [4.69, 9.17) is 0 Å². The van der Waals surface area contributed by atoms with E-state index in [9.17, 15) is 17.6 Å². The minimum absolute atomic E-state index is 0.0505. The minimum atomic E-state index is -4.00. The zero-order valence-corrected chi connectivity index (χ0v) is 16.2. The molecule has 1 N–H and O–H groups in total. The number of carbonyl (C=O) groups is 1. The maximum absolute atomic E-state index is 13.2. The monoisotopic (exact) mass is 402 g/mol. The van der Waals surface area contributed by atoms with E-state index in [2.05, 4.69) is 5.32 Å². The van der Waals surface area contributed by atoms with Gasteiger partial charge in [-0.1, -0.05) is 24.6 Å². The fraction of sp³-hybridized carbons (Fsp3) is 0.381. The molecule has 2 aromatic carbocycles. The second-order valence-electron chi connectivity index (χ2n) is 7.65. The molecule has 0 spiro atoms. The average molecular weight is 402 g/mol. The number of benzene rings is 2. The molecular weight excluding hydrogens is 379 g/mol. The van der Waals surface area contributed by atoms with Gasteiger partial charge >= 0.3 is 0 Å². The van der Waals surface area contributed by atoms with E-state index in [1.807, 2.05) is 0 Å². The molecule has 0 aromatic heterocycles. The van der Waals surface area contributed by atoms with E-state index in [-0.39, 0.29) is 23.4 Å². The van der Waals surface area contributed by atoms with Crippen LogP contribution in [0.4, 0.5) is 10.1 Å². The molecule has 3 unspecified atom stereocenters. The molecule has 2 aliphatic carbocycles. The van der Waals surface area contributed by atoms with Gasteiger partial charge < -0.3 is 5.32 Å². The van der Waals surface area contributed by atoms with Crippen LogP contribution in [0.2, 0.25) is 0 Å². The fourth-order valence-corrected chi connectivity index (χ4v) is 5.87. The molecule has 0 heterocycles. The van der Waals surface area contributed by atoms with Crippen molar-refractivity contribution in [3.05, 3.63) is 60.4 Å². The molecule has 2 bridgehead atoms. The molecule has 3 atom stereocenters. The maximum Gasteiger partial charge on any atom is 0.264 e. The second kappa shape index (κ2) is 7.54. The summed E-state index contributed by atoms with van der Waals surface area (Å²) in [7, 11) is -4.00. The van der Waals surface area contributed by atoms with Crippen LogP contribution in [0.3, 0.4) is 0 Å². The lowest BCUT2D eigenvalue weighted by molar-refractivity contribution is -0.120. The van der Waals surface area contributed by atoms with Crippen molar-refractivity contribution in [1.29, 1.82) is 0 Å². The first-order valence-electron chi connectivity index (χ1n) is 9.56. The molecule has 2 aromatic rings. The van der Waals surface area contributed by atoms with Gasteiger partial charge in [-0.05, 0) is 67.5 Å².